The summed E-state index contributed by atoms with van der Waals surface area (Å²) in [4.78, 5) is 37.7. The Kier molecular flexibility index (Phi) is 4.74. The van der Waals surface area contributed by atoms with Crippen molar-refractivity contribution in [1.29, 1.82) is 0 Å². The summed E-state index contributed by atoms with van der Waals surface area (Å²) in [5.74, 6) is -0.749. The number of amides is 3. The Bertz CT molecular complexity index is 742. The molecule has 1 aromatic carbocycles. The number of hydrogen-bond donors (Lipinski definition) is 3. The number of imide groups is 1. The highest BCUT2D eigenvalue weighted by Gasteiger charge is 2.39. The Balaban J connectivity index is 1.43. The average Bonchev–Trinajstić information content (AvgIpc) is 2.97. The molecule has 3 amide bonds. The first-order valence-electron chi connectivity index (χ1n) is 9.32. The normalized spacial score (nSPS) is 26.0. The maximum absolute atomic E-state index is 12.7. The number of benzene rings is 1. The van der Waals surface area contributed by atoms with E-state index in [4.69, 9.17) is 0 Å². The molecule has 3 aliphatic heterocycles. The van der Waals surface area contributed by atoms with Crippen LogP contribution in [0.25, 0.3) is 0 Å². The van der Waals surface area contributed by atoms with Crippen molar-refractivity contribution < 1.29 is 14.4 Å². The number of rotatable bonds is 4. The zero-order valence-electron chi connectivity index (χ0n) is 14.7. The molecule has 0 aromatic heterocycles. The van der Waals surface area contributed by atoms with Crippen LogP contribution in [0.15, 0.2) is 18.2 Å². The number of piperidine rings is 2. The van der Waals surface area contributed by atoms with Crippen LogP contribution < -0.4 is 16.0 Å². The molecule has 0 radical (unpaired) electrons. The summed E-state index contributed by atoms with van der Waals surface area (Å²) in [5, 5.41) is 9.29. The fourth-order valence-electron chi connectivity index (χ4n) is 4.03. The van der Waals surface area contributed by atoms with Crippen LogP contribution in [-0.4, -0.2) is 47.8 Å². The van der Waals surface area contributed by atoms with E-state index in [9.17, 15) is 14.4 Å². The van der Waals surface area contributed by atoms with E-state index >= 15 is 0 Å². The molecule has 7 heteroatoms. The molecule has 2 fully saturated rings. The second-order valence-electron chi connectivity index (χ2n) is 7.32. The predicted molar refractivity (Wildman–Crippen MR) is 95.2 cm³/mol. The van der Waals surface area contributed by atoms with E-state index in [1.54, 1.807) is 4.90 Å². The predicted octanol–water partition coefficient (Wildman–Crippen LogP) is 0.289. The van der Waals surface area contributed by atoms with Gasteiger partial charge in [0.05, 0.1) is 0 Å². The Labute approximate surface area is 152 Å². The minimum absolute atomic E-state index is 0.120. The zero-order valence-corrected chi connectivity index (χ0v) is 14.7. The van der Waals surface area contributed by atoms with E-state index in [2.05, 4.69) is 22.0 Å². The van der Waals surface area contributed by atoms with Crippen LogP contribution in [0.3, 0.4) is 0 Å². The Hall–Kier alpha value is -2.25. The van der Waals surface area contributed by atoms with Crippen molar-refractivity contribution in [3.05, 3.63) is 34.9 Å². The smallest absolute Gasteiger partial charge is 0.255 e. The standard InChI is InChI=1S/C19H24N4O3/c24-17-6-5-16(18(25)22-17)23-11-13-8-12(3-4-15(13)19(23)26)9-21-14-2-1-7-20-10-14/h3-4,8,14,16,20-21H,1-2,5-7,9-11H2,(H,22,24,25)/t14-,16?/m1/s1. The second kappa shape index (κ2) is 7.17. The number of carbonyl (C=O) groups is 3. The summed E-state index contributed by atoms with van der Waals surface area (Å²) in [5.41, 5.74) is 2.77. The molecule has 0 aliphatic carbocycles. The van der Waals surface area contributed by atoms with E-state index in [0.717, 1.165) is 30.8 Å². The van der Waals surface area contributed by atoms with Gasteiger partial charge in [-0.25, -0.2) is 0 Å². The van der Waals surface area contributed by atoms with Crippen molar-refractivity contribution in [2.75, 3.05) is 13.1 Å². The van der Waals surface area contributed by atoms with Crippen LogP contribution in [0.1, 0.15) is 47.2 Å². The monoisotopic (exact) mass is 356 g/mol. The van der Waals surface area contributed by atoms with E-state index in [1.807, 2.05) is 12.1 Å². The molecule has 3 aliphatic rings. The highest BCUT2D eigenvalue weighted by molar-refractivity contribution is 6.05. The molecule has 7 nitrogen and oxygen atoms in total. The van der Waals surface area contributed by atoms with E-state index in [1.165, 1.54) is 12.8 Å². The third-order valence-corrected chi connectivity index (χ3v) is 5.48. The number of carbonyl (C=O) groups excluding carboxylic acids is 3. The molecule has 26 heavy (non-hydrogen) atoms. The van der Waals surface area contributed by atoms with Gasteiger partial charge in [-0.2, -0.15) is 0 Å². The Morgan fingerprint density at radius 2 is 2.08 bits per heavy atom. The zero-order chi connectivity index (χ0) is 18.1. The van der Waals surface area contributed by atoms with Gasteiger partial charge in [0.1, 0.15) is 6.04 Å². The maximum atomic E-state index is 12.7. The highest BCUT2D eigenvalue weighted by atomic mass is 16.2. The summed E-state index contributed by atoms with van der Waals surface area (Å²) in [7, 11) is 0. The first-order chi connectivity index (χ1) is 12.6. The summed E-state index contributed by atoms with van der Waals surface area (Å²) in [6.45, 7) is 3.29. The van der Waals surface area contributed by atoms with Crippen molar-refractivity contribution >= 4 is 17.7 Å². The van der Waals surface area contributed by atoms with Crippen LogP contribution in [0, 0.1) is 0 Å². The molecule has 2 atom stereocenters. The quantitative estimate of drug-likeness (QED) is 0.675. The van der Waals surface area contributed by atoms with Crippen LogP contribution in [-0.2, 0) is 22.7 Å². The van der Waals surface area contributed by atoms with E-state index in [-0.39, 0.29) is 24.1 Å². The van der Waals surface area contributed by atoms with Gasteiger partial charge >= 0.3 is 0 Å². The molecule has 138 valence electrons. The lowest BCUT2D eigenvalue weighted by Gasteiger charge is -2.29. The SMILES string of the molecule is O=C1CCC(N2Cc3cc(CN[C@@H]4CCCNC4)ccc3C2=O)C(=O)N1. The second-order valence-corrected chi connectivity index (χ2v) is 7.32. The molecule has 3 N–H and O–H groups in total. The number of nitrogens with zero attached hydrogens (tertiary/aromatic N) is 1. The molecular formula is C19H24N4O3. The number of hydrogen-bond acceptors (Lipinski definition) is 5. The van der Waals surface area contributed by atoms with Crippen molar-refractivity contribution in [3.63, 3.8) is 0 Å². The van der Waals surface area contributed by atoms with Crippen molar-refractivity contribution in [2.24, 2.45) is 0 Å². The summed E-state index contributed by atoms with van der Waals surface area (Å²) in [6.07, 6.45) is 3.05. The first kappa shape index (κ1) is 17.2. The third-order valence-electron chi connectivity index (χ3n) is 5.48. The minimum atomic E-state index is -0.553. The van der Waals surface area contributed by atoms with E-state index < -0.39 is 6.04 Å². The van der Waals surface area contributed by atoms with Gasteiger partial charge in [0.2, 0.25) is 11.8 Å². The van der Waals surface area contributed by atoms with Gasteiger partial charge in [0.15, 0.2) is 0 Å². The molecular weight excluding hydrogens is 332 g/mol. The maximum Gasteiger partial charge on any atom is 0.255 e. The summed E-state index contributed by atoms with van der Waals surface area (Å²) in [6, 6.07) is 5.83. The minimum Gasteiger partial charge on any atom is -0.322 e. The van der Waals surface area contributed by atoms with Crippen molar-refractivity contribution in [1.82, 2.24) is 20.9 Å². The highest BCUT2D eigenvalue weighted by Crippen LogP contribution is 2.28. The molecule has 3 heterocycles. The molecule has 0 saturated carbocycles. The summed E-state index contributed by atoms with van der Waals surface area (Å²) >= 11 is 0. The summed E-state index contributed by atoms with van der Waals surface area (Å²) < 4.78 is 0. The van der Waals surface area contributed by atoms with Gasteiger partial charge < -0.3 is 15.5 Å². The Morgan fingerprint density at radius 3 is 2.85 bits per heavy atom. The van der Waals surface area contributed by atoms with Crippen LogP contribution in [0.4, 0.5) is 0 Å². The Morgan fingerprint density at radius 1 is 1.19 bits per heavy atom. The third kappa shape index (κ3) is 3.37. The van der Waals surface area contributed by atoms with Gasteiger partial charge in [0, 0.05) is 37.7 Å². The lowest BCUT2D eigenvalue weighted by atomic mass is 10.0. The van der Waals surface area contributed by atoms with Crippen molar-refractivity contribution in [3.8, 4) is 0 Å². The van der Waals surface area contributed by atoms with Gasteiger partial charge in [0.25, 0.3) is 5.91 Å². The fraction of sp³-hybridized carbons (Fsp3) is 0.526. The van der Waals surface area contributed by atoms with Crippen LogP contribution in [0.2, 0.25) is 0 Å². The fourth-order valence-corrected chi connectivity index (χ4v) is 4.03. The molecule has 2 saturated heterocycles. The van der Waals surface area contributed by atoms with Crippen LogP contribution in [0.5, 0.6) is 0 Å². The lowest BCUT2D eigenvalue weighted by Crippen LogP contribution is -2.52. The van der Waals surface area contributed by atoms with Gasteiger partial charge in [-0.3, -0.25) is 19.7 Å². The molecule has 0 spiro atoms. The van der Waals surface area contributed by atoms with E-state index in [0.29, 0.717) is 24.6 Å². The van der Waals surface area contributed by atoms with Gasteiger partial charge in [-0.15, -0.1) is 0 Å². The van der Waals surface area contributed by atoms with Gasteiger partial charge in [-0.05, 0) is 43.0 Å². The first-order valence-corrected chi connectivity index (χ1v) is 9.32. The number of fused-ring (bicyclic) bond motifs is 1. The molecule has 4 rings (SSSR count). The topological polar surface area (TPSA) is 90.5 Å². The van der Waals surface area contributed by atoms with Crippen molar-refractivity contribution in [2.45, 2.75) is 50.9 Å². The largest absolute Gasteiger partial charge is 0.322 e. The molecule has 1 unspecified atom stereocenters. The molecule has 0 bridgehead atoms. The molecule has 1 aromatic rings. The average molecular weight is 356 g/mol. The number of nitrogens with one attached hydrogen (secondary N) is 3. The van der Waals surface area contributed by atoms with Crippen LogP contribution >= 0.6 is 0 Å². The lowest BCUT2D eigenvalue weighted by molar-refractivity contribution is -0.136. The van der Waals surface area contributed by atoms with Gasteiger partial charge in [-0.1, -0.05) is 12.1 Å².